The highest BCUT2D eigenvalue weighted by molar-refractivity contribution is 5.85. The Hall–Kier alpha value is -0.860. The van der Waals surface area contributed by atoms with Crippen LogP contribution >= 0.6 is 0 Å². The second-order valence-corrected chi connectivity index (χ2v) is 6.90. The lowest BCUT2D eigenvalue weighted by molar-refractivity contribution is -0.159. The van der Waals surface area contributed by atoms with Crippen LogP contribution in [0, 0.1) is 0 Å². The first kappa shape index (κ1) is 23.1. The van der Waals surface area contributed by atoms with Gasteiger partial charge in [0.1, 0.15) is 0 Å². The van der Waals surface area contributed by atoms with Gasteiger partial charge in [0.05, 0.1) is 0 Å². The standard InChI is InChI=1S/C21H40O3/c1-3-5-6-7-8-9-10-11-12-13-14-15-16-17-18-19-21(23)24-20(22)4-2/h3-19H2,1-2H3. The summed E-state index contributed by atoms with van der Waals surface area (Å²) < 4.78 is 4.64. The Morgan fingerprint density at radius 3 is 1.29 bits per heavy atom. The van der Waals surface area contributed by atoms with Gasteiger partial charge in [-0.3, -0.25) is 9.59 Å². The molecule has 0 aromatic carbocycles. The van der Waals surface area contributed by atoms with Crippen LogP contribution in [0.2, 0.25) is 0 Å². The fourth-order valence-electron chi connectivity index (χ4n) is 2.89. The third kappa shape index (κ3) is 17.5. The molecule has 0 saturated carbocycles. The first-order valence-electron chi connectivity index (χ1n) is 10.4. The van der Waals surface area contributed by atoms with Gasteiger partial charge >= 0.3 is 11.9 Å². The molecule has 0 aliphatic heterocycles. The lowest BCUT2D eigenvalue weighted by Gasteiger charge is -2.03. The molecule has 0 saturated heterocycles. The minimum Gasteiger partial charge on any atom is -0.393 e. The molecule has 0 spiro atoms. The SMILES string of the molecule is CCCCCCCCCCCCCCCCCC(=O)OC(=O)CC. The van der Waals surface area contributed by atoms with Crippen LogP contribution in [0.4, 0.5) is 0 Å². The number of ether oxygens (including phenoxy) is 1. The van der Waals surface area contributed by atoms with E-state index < -0.39 is 5.97 Å². The molecule has 0 fully saturated rings. The van der Waals surface area contributed by atoms with Crippen LogP contribution in [0.1, 0.15) is 123 Å². The average molecular weight is 341 g/mol. The van der Waals surface area contributed by atoms with Crippen molar-refractivity contribution in [3.05, 3.63) is 0 Å². The number of hydrogen-bond donors (Lipinski definition) is 0. The number of unbranched alkanes of at least 4 members (excludes halogenated alkanes) is 14. The molecule has 3 nitrogen and oxygen atoms in total. The Labute approximate surface area is 149 Å². The predicted molar refractivity (Wildman–Crippen MR) is 101 cm³/mol. The minimum atomic E-state index is -0.416. The molecule has 0 N–H and O–H groups in total. The van der Waals surface area contributed by atoms with E-state index in [0.29, 0.717) is 6.42 Å². The van der Waals surface area contributed by atoms with Crippen molar-refractivity contribution in [1.82, 2.24) is 0 Å². The van der Waals surface area contributed by atoms with E-state index in [4.69, 9.17) is 0 Å². The maximum atomic E-state index is 11.3. The zero-order valence-corrected chi connectivity index (χ0v) is 16.2. The van der Waals surface area contributed by atoms with Crippen molar-refractivity contribution in [1.29, 1.82) is 0 Å². The molecule has 0 radical (unpaired) electrons. The molecule has 0 rings (SSSR count). The van der Waals surface area contributed by atoms with Crippen LogP contribution < -0.4 is 0 Å². The third-order valence-electron chi connectivity index (χ3n) is 4.50. The molecule has 24 heavy (non-hydrogen) atoms. The van der Waals surface area contributed by atoms with E-state index in [9.17, 15) is 9.59 Å². The van der Waals surface area contributed by atoms with Crippen LogP contribution in [0.25, 0.3) is 0 Å². The van der Waals surface area contributed by atoms with Crippen molar-refractivity contribution < 1.29 is 14.3 Å². The van der Waals surface area contributed by atoms with Crippen molar-refractivity contribution in [2.75, 3.05) is 0 Å². The molecule has 0 amide bonds. The van der Waals surface area contributed by atoms with E-state index in [0.717, 1.165) is 12.8 Å². The van der Waals surface area contributed by atoms with Crippen molar-refractivity contribution >= 4 is 11.9 Å². The van der Waals surface area contributed by atoms with Gasteiger partial charge < -0.3 is 4.74 Å². The van der Waals surface area contributed by atoms with Gasteiger partial charge in [-0.25, -0.2) is 0 Å². The van der Waals surface area contributed by atoms with Crippen LogP contribution in [-0.4, -0.2) is 11.9 Å². The summed E-state index contributed by atoms with van der Waals surface area (Å²) in [6.07, 6.45) is 20.3. The Bertz CT molecular complexity index is 299. The highest BCUT2D eigenvalue weighted by Crippen LogP contribution is 2.13. The lowest BCUT2D eigenvalue weighted by atomic mass is 10.0. The number of hydrogen-bond acceptors (Lipinski definition) is 3. The van der Waals surface area contributed by atoms with Gasteiger partial charge in [-0.15, -0.1) is 0 Å². The molecule has 0 bridgehead atoms. The summed E-state index contributed by atoms with van der Waals surface area (Å²) in [4.78, 5) is 22.2. The number of carbonyl (C=O) groups excluding carboxylic acids is 2. The fraction of sp³-hybridized carbons (Fsp3) is 0.905. The van der Waals surface area contributed by atoms with Crippen molar-refractivity contribution in [3.8, 4) is 0 Å². The van der Waals surface area contributed by atoms with Crippen molar-refractivity contribution in [3.63, 3.8) is 0 Å². The molecule has 142 valence electrons. The van der Waals surface area contributed by atoms with Crippen LogP contribution in [0.15, 0.2) is 0 Å². The number of esters is 2. The normalized spacial score (nSPS) is 10.8. The Balaban J connectivity index is 3.12. The molecule has 0 heterocycles. The summed E-state index contributed by atoms with van der Waals surface area (Å²) in [5.41, 5.74) is 0. The summed E-state index contributed by atoms with van der Waals surface area (Å²) in [7, 11) is 0. The summed E-state index contributed by atoms with van der Waals surface area (Å²) in [6, 6.07) is 0. The summed E-state index contributed by atoms with van der Waals surface area (Å²) in [5, 5.41) is 0. The largest absolute Gasteiger partial charge is 0.393 e. The molecule has 0 atom stereocenters. The second-order valence-electron chi connectivity index (χ2n) is 6.90. The quantitative estimate of drug-likeness (QED) is 0.167. The zero-order valence-electron chi connectivity index (χ0n) is 16.2. The topological polar surface area (TPSA) is 43.4 Å². The summed E-state index contributed by atoms with van der Waals surface area (Å²) in [5.74, 6) is -0.780. The molecule has 0 aliphatic carbocycles. The highest BCUT2D eigenvalue weighted by Gasteiger charge is 2.07. The molecule has 3 heteroatoms. The Morgan fingerprint density at radius 2 is 0.917 bits per heavy atom. The highest BCUT2D eigenvalue weighted by atomic mass is 16.6. The van der Waals surface area contributed by atoms with Gasteiger partial charge in [0.2, 0.25) is 0 Å². The average Bonchev–Trinajstić information content (AvgIpc) is 2.58. The van der Waals surface area contributed by atoms with Crippen LogP contribution in [0.5, 0.6) is 0 Å². The van der Waals surface area contributed by atoms with E-state index >= 15 is 0 Å². The molecule has 0 aliphatic rings. The first-order valence-corrected chi connectivity index (χ1v) is 10.4. The first-order chi connectivity index (χ1) is 11.7. The van der Waals surface area contributed by atoms with Crippen molar-refractivity contribution in [2.45, 2.75) is 123 Å². The van der Waals surface area contributed by atoms with E-state index in [1.165, 1.54) is 83.5 Å². The molecule has 0 aromatic heterocycles. The molecular formula is C21H40O3. The predicted octanol–water partition coefficient (Wildman–Crippen LogP) is 6.73. The van der Waals surface area contributed by atoms with Crippen molar-refractivity contribution in [2.24, 2.45) is 0 Å². The minimum absolute atomic E-state index is 0.268. The summed E-state index contributed by atoms with van der Waals surface area (Å²) >= 11 is 0. The lowest BCUT2D eigenvalue weighted by Crippen LogP contribution is -2.10. The molecule has 0 aromatic rings. The van der Waals surface area contributed by atoms with E-state index in [1.54, 1.807) is 6.92 Å². The smallest absolute Gasteiger partial charge is 0.313 e. The number of carbonyl (C=O) groups is 2. The zero-order chi connectivity index (χ0) is 17.9. The molecular weight excluding hydrogens is 300 g/mol. The molecule has 0 unspecified atom stereocenters. The van der Waals surface area contributed by atoms with Crippen LogP contribution in [0.3, 0.4) is 0 Å². The fourth-order valence-corrected chi connectivity index (χ4v) is 2.89. The second kappa shape index (κ2) is 18.5. The van der Waals surface area contributed by atoms with Gasteiger partial charge in [0.25, 0.3) is 0 Å². The third-order valence-corrected chi connectivity index (χ3v) is 4.50. The number of rotatable bonds is 17. The maximum absolute atomic E-state index is 11.3. The van der Waals surface area contributed by atoms with Gasteiger partial charge in [0, 0.05) is 12.8 Å². The van der Waals surface area contributed by atoms with E-state index in [-0.39, 0.29) is 12.4 Å². The summed E-state index contributed by atoms with van der Waals surface area (Å²) in [6.45, 7) is 3.97. The van der Waals surface area contributed by atoms with E-state index in [2.05, 4.69) is 11.7 Å². The van der Waals surface area contributed by atoms with Gasteiger partial charge in [0.15, 0.2) is 0 Å². The Kier molecular flexibility index (Phi) is 17.8. The van der Waals surface area contributed by atoms with Gasteiger partial charge in [-0.1, -0.05) is 104 Å². The Morgan fingerprint density at radius 1 is 0.542 bits per heavy atom. The van der Waals surface area contributed by atoms with Crippen LogP contribution in [-0.2, 0) is 14.3 Å². The van der Waals surface area contributed by atoms with Gasteiger partial charge in [-0.05, 0) is 6.42 Å². The maximum Gasteiger partial charge on any atom is 0.313 e. The van der Waals surface area contributed by atoms with E-state index in [1.807, 2.05) is 0 Å². The van der Waals surface area contributed by atoms with Gasteiger partial charge in [-0.2, -0.15) is 0 Å². The monoisotopic (exact) mass is 340 g/mol.